The van der Waals surface area contributed by atoms with Crippen molar-refractivity contribution >= 4 is 58.0 Å². The van der Waals surface area contributed by atoms with Crippen LogP contribution in [0, 0.1) is 0 Å². The fraction of sp³-hybridized carbons (Fsp3) is 0.273. The largest absolute Gasteiger partial charge is 0.493 e. The van der Waals surface area contributed by atoms with Crippen LogP contribution in [-0.4, -0.2) is 80.7 Å². The molecule has 6 rings (SSSR count). The first-order chi connectivity index (χ1) is 22.3. The van der Waals surface area contributed by atoms with Gasteiger partial charge in [0.15, 0.2) is 11.5 Å². The second-order valence-electron chi connectivity index (χ2n) is 10.9. The maximum Gasteiger partial charge on any atom is 0.278 e. The summed E-state index contributed by atoms with van der Waals surface area (Å²) in [7, 11) is 4.68. The number of methoxy groups -OCH3 is 3. The molecule has 1 amide bonds. The summed E-state index contributed by atoms with van der Waals surface area (Å²) in [4.78, 5) is 33.6. The number of amides is 1. The second-order valence-corrected chi connectivity index (χ2v) is 11.7. The average molecular weight is 663 g/mol. The third-order valence-corrected chi connectivity index (χ3v) is 8.56. The van der Waals surface area contributed by atoms with Gasteiger partial charge >= 0.3 is 0 Å². The van der Waals surface area contributed by atoms with Crippen molar-refractivity contribution in [1.82, 2.24) is 14.9 Å². The van der Waals surface area contributed by atoms with Crippen LogP contribution in [0.4, 0.5) is 23.1 Å². The van der Waals surface area contributed by atoms with Crippen LogP contribution in [0.2, 0.25) is 10.0 Å². The number of nitrogens with zero attached hydrogens (tertiary/aromatic N) is 6. The molecule has 4 aromatic rings. The Balaban J connectivity index is 1.20. The first kappa shape index (κ1) is 31.4. The number of aromatic nitrogens is 2. The molecular weight excluding hydrogens is 629 g/mol. The molecule has 0 unspecified atom stereocenters. The molecule has 0 saturated carbocycles. The molecule has 13 heteroatoms. The number of piperazine rings is 1. The van der Waals surface area contributed by atoms with Gasteiger partial charge in [-0.25, -0.2) is 9.98 Å². The van der Waals surface area contributed by atoms with Crippen LogP contribution in [0.5, 0.6) is 17.2 Å². The molecule has 0 atom stereocenters. The number of carbonyl (C=O) groups is 1. The van der Waals surface area contributed by atoms with E-state index >= 15 is 0 Å². The molecule has 0 spiro atoms. The number of fused-ring (bicyclic) bond motifs is 1. The van der Waals surface area contributed by atoms with Crippen molar-refractivity contribution in [2.45, 2.75) is 6.42 Å². The molecule has 238 valence electrons. The van der Waals surface area contributed by atoms with Crippen LogP contribution in [0.15, 0.2) is 65.8 Å². The zero-order valence-corrected chi connectivity index (χ0v) is 27.2. The minimum absolute atomic E-state index is 0.0823. The first-order valence-electron chi connectivity index (χ1n) is 14.6. The zero-order chi connectivity index (χ0) is 32.4. The standard InChI is InChI=1S/C33H33Cl2N7O4/c1-44-27-15-20(16-28(45-2)30(27)46-3)14-21-18-37-33(39-31(21)36)38-29-25-17-23(35)6-9-26(25)42(32(29)43)19-40-10-12-41(13-11-40)24-7-4-22(34)5-8-24/h4-9,15-18H,10-14,19H2,1-3H3,(H2,36,37,39)/b38-29-. The third-order valence-electron chi connectivity index (χ3n) is 8.07. The van der Waals surface area contributed by atoms with Crippen LogP contribution in [0.25, 0.3) is 0 Å². The maximum absolute atomic E-state index is 13.8. The Morgan fingerprint density at radius 2 is 1.57 bits per heavy atom. The van der Waals surface area contributed by atoms with Gasteiger partial charge in [0.05, 0.1) is 33.7 Å². The highest BCUT2D eigenvalue weighted by atomic mass is 35.5. The molecule has 3 aromatic carbocycles. The van der Waals surface area contributed by atoms with Gasteiger partial charge in [-0.15, -0.1) is 0 Å². The van der Waals surface area contributed by atoms with Gasteiger partial charge in [0.2, 0.25) is 5.75 Å². The van der Waals surface area contributed by atoms with Crippen LogP contribution in [0.3, 0.4) is 0 Å². The normalized spacial score (nSPS) is 15.8. The quantitative estimate of drug-likeness (QED) is 0.257. The number of ether oxygens (including phenoxy) is 3. The topological polar surface area (TPSA) is 119 Å². The lowest BCUT2D eigenvalue weighted by molar-refractivity contribution is -0.112. The van der Waals surface area contributed by atoms with Crippen molar-refractivity contribution in [2.75, 3.05) is 69.7 Å². The molecule has 2 N–H and O–H groups in total. The zero-order valence-electron chi connectivity index (χ0n) is 25.7. The summed E-state index contributed by atoms with van der Waals surface area (Å²) in [6, 6.07) is 16.9. The molecule has 11 nitrogen and oxygen atoms in total. The van der Waals surface area contributed by atoms with Crippen LogP contribution in [0.1, 0.15) is 16.7 Å². The predicted octanol–water partition coefficient (Wildman–Crippen LogP) is 5.23. The summed E-state index contributed by atoms with van der Waals surface area (Å²) < 4.78 is 16.4. The highest BCUT2D eigenvalue weighted by molar-refractivity contribution is 6.55. The Hall–Kier alpha value is -4.58. The van der Waals surface area contributed by atoms with Crippen LogP contribution < -0.4 is 29.7 Å². The number of aliphatic imine (C=N–C) groups is 1. The Morgan fingerprint density at radius 1 is 0.891 bits per heavy atom. The Labute approximate surface area is 277 Å². The smallest absolute Gasteiger partial charge is 0.278 e. The van der Waals surface area contributed by atoms with Crippen molar-refractivity contribution in [2.24, 2.45) is 4.99 Å². The van der Waals surface area contributed by atoms with E-state index in [2.05, 4.69) is 24.8 Å². The monoisotopic (exact) mass is 661 g/mol. The summed E-state index contributed by atoms with van der Waals surface area (Å²) in [6.07, 6.45) is 2.02. The van der Waals surface area contributed by atoms with Crippen molar-refractivity contribution in [3.63, 3.8) is 0 Å². The van der Waals surface area contributed by atoms with Crippen molar-refractivity contribution in [3.8, 4) is 17.2 Å². The van der Waals surface area contributed by atoms with Gasteiger partial charge in [-0.1, -0.05) is 23.2 Å². The molecular formula is C33H33Cl2N7O4. The number of hydrogen-bond donors (Lipinski definition) is 1. The summed E-state index contributed by atoms with van der Waals surface area (Å²) in [5.74, 6) is 1.64. The van der Waals surface area contributed by atoms with Crippen molar-refractivity contribution in [3.05, 3.63) is 87.5 Å². The minimum atomic E-state index is -0.249. The number of halogens is 2. The molecule has 1 fully saturated rings. The van der Waals surface area contributed by atoms with E-state index in [1.807, 2.05) is 42.5 Å². The number of benzene rings is 3. The highest BCUT2D eigenvalue weighted by Crippen LogP contribution is 2.39. The van der Waals surface area contributed by atoms with Crippen LogP contribution >= 0.6 is 23.2 Å². The molecule has 0 aliphatic carbocycles. The Bertz CT molecular complexity index is 1770. The average Bonchev–Trinajstić information content (AvgIpc) is 3.31. The lowest BCUT2D eigenvalue weighted by Gasteiger charge is -2.37. The summed E-state index contributed by atoms with van der Waals surface area (Å²) in [5.41, 5.74) is 10.6. The van der Waals surface area contributed by atoms with Gasteiger partial charge in [0.25, 0.3) is 11.9 Å². The van der Waals surface area contributed by atoms with Crippen molar-refractivity contribution in [1.29, 1.82) is 0 Å². The second kappa shape index (κ2) is 13.4. The number of anilines is 3. The number of hydrogen-bond acceptors (Lipinski definition) is 10. The summed E-state index contributed by atoms with van der Waals surface area (Å²) in [6.45, 7) is 3.64. The van der Waals surface area contributed by atoms with Gasteiger partial charge in [0.1, 0.15) is 11.5 Å². The van der Waals surface area contributed by atoms with E-state index in [9.17, 15) is 4.79 Å². The fourth-order valence-corrected chi connectivity index (χ4v) is 5.99. The molecule has 1 saturated heterocycles. The van der Waals surface area contributed by atoms with Gasteiger partial charge in [-0.2, -0.15) is 4.98 Å². The first-order valence-corrected chi connectivity index (χ1v) is 15.4. The predicted molar refractivity (Wildman–Crippen MR) is 181 cm³/mol. The fourth-order valence-electron chi connectivity index (χ4n) is 5.69. The summed E-state index contributed by atoms with van der Waals surface area (Å²) in [5, 5.41) is 1.21. The van der Waals surface area contributed by atoms with Crippen molar-refractivity contribution < 1.29 is 19.0 Å². The van der Waals surface area contributed by atoms with E-state index in [1.54, 1.807) is 44.6 Å². The third kappa shape index (κ3) is 6.39. The molecule has 3 heterocycles. The maximum atomic E-state index is 13.8. The summed E-state index contributed by atoms with van der Waals surface area (Å²) >= 11 is 12.4. The Kier molecular flexibility index (Phi) is 9.16. The van der Waals surface area contributed by atoms with Gasteiger partial charge in [-0.05, 0) is 60.2 Å². The number of nitrogens with two attached hydrogens (primary N) is 1. The Morgan fingerprint density at radius 3 is 2.20 bits per heavy atom. The number of nitrogen functional groups attached to an aromatic ring is 1. The van der Waals surface area contributed by atoms with Gasteiger partial charge < -0.3 is 24.8 Å². The SMILES string of the molecule is COc1cc(Cc2cnc(/N=C3\C(=O)N(CN4CCN(c5ccc(Cl)cc5)CC4)c4ccc(Cl)cc43)nc2N)cc(OC)c1OC. The molecule has 1 aromatic heterocycles. The number of rotatable bonds is 9. The van der Waals surface area contributed by atoms with E-state index in [0.29, 0.717) is 51.5 Å². The van der Waals surface area contributed by atoms with E-state index in [1.165, 1.54) is 0 Å². The lowest BCUT2D eigenvalue weighted by atomic mass is 10.1. The highest BCUT2D eigenvalue weighted by Gasteiger charge is 2.36. The van der Waals surface area contributed by atoms with E-state index in [4.69, 9.17) is 43.1 Å². The molecule has 2 aliphatic heterocycles. The molecule has 0 bridgehead atoms. The van der Waals surface area contributed by atoms with Gasteiger partial charge in [-0.3, -0.25) is 14.6 Å². The van der Waals surface area contributed by atoms with E-state index < -0.39 is 0 Å². The van der Waals surface area contributed by atoms with E-state index in [-0.39, 0.29) is 23.4 Å². The molecule has 46 heavy (non-hydrogen) atoms. The minimum Gasteiger partial charge on any atom is -0.493 e. The van der Waals surface area contributed by atoms with Crippen LogP contribution in [-0.2, 0) is 11.2 Å². The lowest BCUT2D eigenvalue weighted by Crippen LogP contribution is -2.51. The molecule has 2 aliphatic rings. The number of carbonyl (C=O) groups excluding carboxylic acids is 1. The van der Waals surface area contributed by atoms with E-state index in [0.717, 1.165) is 43.1 Å². The van der Waals surface area contributed by atoms with Gasteiger partial charge in [0, 0.05) is 65.7 Å². The molecule has 0 radical (unpaired) electrons.